The molecule has 0 aliphatic rings. The van der Waals surface area contributed by atoms with E-state index in [1.807, 2.05) is 13.0 Å². The molecule has 1 aromatic heterocycles. The fourth-order valence-electron chi connectivity index (χ4n) is 2.18. The smallest absolute Gasteiger partial charge is 0.128 e. The third-order valence-electron chi connectivity index (χ3n) is 3.13. The Morgan fingerprint density at radius 1 is 1.26 bits per heavy atom. The first-order valence-corrected chi connectivity index (χ1v) is 6.72. The lowest BCUT2D eigenvalue weighted by atomic mass is 9.98. The van der Waals surface area contributed by atoms with E-state index in [0.717, 1.165) is 24.1 Å². The fourth-order valence-corrected chi connectivity index (χ4v) is 2.18. The molecule has 0 amide bonds. The molecule has 0 bridgehead atoms. The Morgan fingerprint density at radius 2 is 2.00 bits per heavy atom. The molecule has 3 heteroatoms. The van der Waals surface area contributed by atoms with Crippen LogP contribution in [0.3, 0.4) is 0 Å². The lowest BCUT2D eigenvalue weighted by molar-refractivity contribution is 0.598. The Balaban J connectivity index is 2.40. The second-order valence-electron chi connectivity index (χ2n) is 4.78. The monoisotopic (exact) mass is 255 g/mol. The van der Waals surface area contributed by atoms with Crippen molar-refractivity contribution in [1.29, 1.82) is 0 Å². The van der Waals surface area contributed by atoms with E-state index >= 15 is 0 Å². The number of nitrogens with two attached hydrogens (primary N) is 1. The Bertz CT molecular complexity index is 523. The third kappa shape index (κ3) is 3.32. The standard InChI is InChI=1S/C16H21N3/c1-3-9-18-15(13-7-5-4-6-8-13)14-10-12(2)11-19-16(14)17/h4-8,10-11,15,18H,3,9H2,1-2H3,(H2,17,19). The van der Waals surface area contributed by atoms with Gasteiger partial charge in [0.2, 0.25) is 0 Å². The molecule has 3 N–H and O–H groups in total. The topological polar surface area (TPSA) is 50.9 Å². The van der Waals surface area contributed by atoms with Crippen molar-refractivity contribution in [3.63, 3.8) is 0 Å². The highest BCUT2D eigenvalue weighted by molar-refractivity contribution is 5.47. The number of hydrogen-bond acceptors (Lipinski definition) is 3. The molecule has 0 aliphatic carbocycles. The first-order chi connectivity index (χ1) is 9.22. The molecule has 100 valence electrons. The molecule has 3 nitrogen and oxygen atoms in total. The number of rotatable bonds is 5. The molecule has 0 saturated carbocycles. The van der Waals surface area contributed by atoms with Gasteiger partial charge in [-0.25, -0.2) is 4.98 Å². The van der Waals surface area contributed by atoms with Gasteiger partial charge in [-0.15, -0.1) is 0 Å². The number of aryl methyl sites for hydroxylation is 1. The fraction of sp³-hybridized carbons (Fsp3) is 0.312. The second-order valence-corrected chi connectivity index (χ2v) is 4.78. The third-order valence-corrected chi connectivity index (χ3v) is 3.13. The maximum absolute atomic E-state index is 6.05. The zero-order valence-corrected chi connectivity index (χ0v) is 11.6. The van der Waals surface area contributed by atoms with Crippen LogP contribution < -0.4 is 11.1 Å². The van der Waals surface area contributed by atoms with Gasteiger partial charge in [0.05, 0.1) is 6.04 Å². The zero-order chi connectivity index (χ0) is 13.7. The Morgan fingerprint density at radius 3 is 2.68 bits per heavy atom. The Labute approximate surface area is 114 Å². The molecule has 0 spiro atoms. The van der Waals surface area contributed by atoms with E-state index in [4.69, 9.17) is 5.73 Å². The van der Waals surface area contributed by atoms with Crippen molar-refractivity contribution in [1.82, 2.24) is 10.3 Å². The van der Waals surface area contributed by atoms with E-state index in [0.29, 0.717) is 5.82 Å². The molecule has 0 aliphatic heterocycles. The Kier molecular flexibility index (Phi) is 4.53. The summed E-state index contributed by atoms with van der Waals surface area (Å²) >= 11 is 0. The predicted octanol–water partition coefficient (Wildman–Crippen LogP) is 3.06. The van der Waals surface area contributed by atoms with Crippen molar-refractivity contribution < 1.29 is 0 Å². The summed E-state index contributed by atoms with van der Waals surface area (Å²) in [6, 6.07) is 12.6. The first-order valence-electron chi connectivity index (χ1n) is 6.72. The quantitative estimate of drug-likeness (QED) is 0.863. The van der Waals surface area contributed by atoms with Crippen LogP contribution in [-0.4, -0.2) is 11.5 Å². The highest BCUT2D eigenvalue weighted by atomic mass is 14.9. The minimum absolute atomic E-state index is 0.105. The van der Waals surface area contributed by atoms with Crippen LogP contribution in [0, 0.1) is 6.92 Å². The predicted molar refractivity (Wildman–Crippen MR) is 80.0 cm³/mol. The summed E-state index contributed by atoms with van der Waals surface area (Å²) in [5.41, 5.74) is 9.45. The molecular weight excluding hydrogens is 234 g/mol. The molecule has 0 fully saturated rings. The molecule has 19 heavy (non-hydrogen) atoms. The molecule has 1 unspecified atom stereocenters. The second kappa shape index (κ2) is 6.34. The van der Waals surface area contributed by atoms with Gasteiger partial charge in [0, 0.05) is 11.8 Å². The van der Waals surface area contributed by atoms with Gasteiger partial charge in [-0.1, -0.05) is 37.3 Å². The number of nitrogens with one attached hydrogen (secondary N) is 1. The number of nitrogen functional groups attached to an aromatic ring is 1. The van der Waals surface area contributed by atoms with E-state index in [-0.39, 0.29) is 6.04 Å². The molecule has 2 aromatic rings. The summed E-state index contributed by atoms with van der Waals surface area (Å²) in [6.07, 6.45) is 2.89. The van der Waals surface area contributed by atoms with Gasteiger partial charge >= 0.3 is 0 Å². The SMILES string of the molecule is CCCNC(c1ccccc1)c1cc(C)cnc1N. The molecule has 1 heterocycles. The number of pyridine rings is 1. The summed E-state index contributed by atoms with van der Waals surface area (Å²) in [4.78, 5) is 4.27. The van der Waals surface area contributed by atoms with Crippen molar-refractivity contribution in [2.75, 3.05) is 12.3 Å². The van der Waals surface area contributed by atoms with Crippen LogP contribution in [0.25, 0.3) is 0 Å². The van der Waals surface area contributed by atoms with Crippen molar-refractivity contribution in [3.8, 4) is 0 Å². The van der Waals surface area contributed by atoms with Crippen molar-refractivity contribution in [2.45, 2.75) is 26.3 Å². The van der Waals surface area contributed by atoms with Crippen LogP contribution in [0.5, 0.6) is 0 Å². The number of anilines is 1. The van der Waals surface area contributed by atoms with Crippen molar-refractivity contribution in [2.24, 2.45) is 0 Å². The van der Waals surface area contributed by atoms with E-state index in [1.165, 1.54) is 5.56 Å². The van der Waals surface area contributed by atoms with Gasteiger partial charge in [-0.05, 0) is 37.1 Å². The minimum Gasteiger partial charge on any atom is -0.383 e. The van der Waals surface area contributed by atoms with E-state index in [2.05, 4.69) is 47.6 Å². The molecule has 2 rings (SSSR count). The maximum Gasteiger partial charge on any atom is 0.128 e. The van der Waals surface area contributed by atoms with Crippen LogP contribution in [0.15, 0.2) is 42.6 Å². The number of aromatic nitrogens is 1. The van der Waals surface area contributed by atoms with Crippen molar-refractivity contribution in [3.05, 3.63) is 59.3 Å². The molecule has 1 atom stereocenters. The van der Waals surface area contributed by atoms with Crippen LogP contribution in [-0.2, 0) is 0 Å². The molecule has 0 radical (unpaired) electrons. The highest BCUT2D eigenvalue weighted by Crippen LogP contribution is 2.26. The summed E-state index contributed by atoms with van der Waals surface area (Å²) in [7, 11) is 0. The average Bonchev–Trinajstić information content (AvgIpc) is 2.44. The minimum atomic E-state index is 0.105. The van der Waals surface area contributed by atoms with Gasteiger partial charge < -0.3 is 11.1 Å². The van der Waals surface area contributed by atoms with Gasteiger partial charge in [-0.2, -0.15) is 0 Å². The average molecular weight is 255 g/mol. The normalized spacial score (nSPS) is 12.3. The van der Waals surface area contributed by atoms with Gasteiger partial charge in [-0.3, -0.25) is 0 Å². The van der Waals surface area contributed by atoms with Gasteiger partial charge in [0.1, 0.15) is 5.82 Å². The highest BCUT2D eigenvalue weighted by Gasteiger charge is 2.16. The Hall–Kier alpha value is -1.87. The lowest BCUT2D eigenvalue weighted by Crippen LogP contribution is -2.24. The molecular formula is C16H21N3. The summed E-state index contributed by atoms with van der Waals surface area (Å²) in [5, 5.41) is 3.55. The van der Waals surface area contributed by atoms with E-state index < -0.39 is 0 Å². The van der Waals surface area contributed by atoms with Crippen LogP contribution >= 0.6 is 0 Å². The maximum atomic E-state index is 6.05. The lowest BCUT2D eigenvalue weighted by Gasteiger charge is -2.21. The first kappa shape index (κ1) is 13.6. The van der Waals surface area contributed by atoms with Crippen molar-refractivity contribution >= 4 is 5.82 Å². The number of nitrogens with zero attached hydrogens (tertiary/aromatic N) is 1. The zero-order valence-electron chi connectivity index (χ0n) is 11.6. The van der Waals surface area contributed by atoms with Crippen LogP contribution in [0.1, 0.15) is 36.1 Å². The van der Waals surface area contributed by atoms with Gasteiger partial charge in [0.15, 0.2) is 0 Å². The summed E-state index contributed by atoms with van der Waals surface area (Å²) < 4.78 is 0. The van der Waals surface area contributed by atoms with Gasteiger partial charge in [0.25, 0.3) is 0 Å². The number of benzene rings is 1. The van der Waals surface area contributed by atoms with Crippen LogP contribution in [0.4, 0.5) is 5.82 Å². The largest absolute Gasteiger partial charge is 0.383 e. The van der Waals surface area contributed by atoms with Crippen LogP contribution in [0.2, 0.25) is 0 Å². The van der Waals surface area contributed by atoms with E-state index in [9.17, 15) is 0 Å². The molecule has 0 saturated heterocycles. The summed E-state index contributed by atoms with van der Waals surface area (Å²) in [5.74, 6) is 0.600. The molecule has 1 aromatic carbocycles. The van der Waals surface area contributed by atoms with E-state index in [1.54, 1.807) is 6.20 Å². The summed E-state index contributed by atoms with van der Waals surface area (Å²) in [6.45, 7) is 5.15. The number of hydrogen-bond donors (Lipinski definition) is 2.